The van der Waals surface area contributed by atoms with Crippen LogP contribution in [-0.2, 0) is 0 Å². The number of para-hydroxylation sites is 2. The third-order valence-electron chi connectivity index (χ3n) is 9.60. The number of aromatic nitrogens is 3. The van der Waals surface area contributed by atoms with Crippen LogP contribution in [0.3, 0.4) is 0 Å². The van der Waals surface area contributed by atoms with Crippen LogP contribution in [0.2, 0.25) is 0 Å². The number of nitrogens with zero attached hydrogens (tertiary/aromatic N) is 3. The molecule has 218 valence electrons. The molecule has 0 aliphatic carbocycles. The van der Waals surface area contributed by atoms with Gasteiger partial charge in [-0.25, -0.2) is 9.97 Å². The number of fused-ring (bicyclic) bond motifs is 14. The van der Waals surface area contributed by atoms with Crippen LogP contribution in [0.25, 0.3) is 101 Å². The summed E-state index contributed by atoms with van der Waals surface area (Å²) in [6.45, 7) is 0. The van der Waals surface area contributed by atoms with E-state index in [1.165, 1.54) is 61.9 Å². The maximum Gasteiger partial charge on any atom is 0.235 e. The molecule has 0 bridgehead atoms. The Labute approximate surface area is 276 Å². The third kappa shape index (κ3) is 3.50. The molecular weight excluding hydrogens is 611 g/mol. The highest BCUT2D eigenvalue weighted by Gasteiger charge is 2.22. The summed E-state index contributed by atoms with van der Waals surface area (Å²) in [4.78, 5) is 10.5. The minimum Gasteiger partial charge on any atom is -0.278 e. The zero-order valence-corrected chi connectivity index (χ0v) is 26.6. The summed E-state index contributed by atoms with van der Waals surface area (Å²) in [5.74, 6) is 0.686. The normalized spacial score (nSPS) is 12.3. The van der Waals surface area contributed by atoms with Gasteiger partial charge in [0.2, 0.25) is 5.95 Å². The molecule has 4 heterocycles. The summed E-state index contributed by atoms with van der Waals surface area (Å²) in [7, 11) is 0. The van der Waals surface area contributed by atoms with Gasteiger partial charge in [-0.05, 0) is 41.8 Å². The van der Waals surface area contributed by atoms with E-state index in [1.807, 2.05) is 28.7 Å². The Hall–Kier alpha value is -5.62. The van der Waals surface area contributed by atoms with Crippen LogP contribution < -0.4 is 0 Å². The lowest BCUT2D eigenvalue weighted by atomic mass is 9.98. The van der Waals surface area contributed by atoms with E-state index in [4.69, 9.17) is 9.97 Å². The van der Waals surface area contributed by atoms with E-state index in [0.29, 0.717) is 5.95 Å². The van der Waals surface area contributed by atoms with Gasteiger partial charge in [0.1, 0.15) is 0 Å². The van der Waals surface area contributed by atoms with Gasteiger partial charge in [-0.2, -0.15) is 0 Å². The molecule has 11 rings (SSSR count). The summed E-state index contributed by atoms with van der Waals surface area (Å²) in [6, 6.07) is 50.1. The van der Waals surface area contributed by atoms with Crippen LogP contribution in [0.1, 0.15) is 0 Å². The predicted molar refractivity (Wildman–Crippen MR) is 203 cm³/mol. The van der Waals surface area contributed by atoms with Gasteiger partial charge >= 0.3 is 0 Å². The molecule has 0 aliphatic heterocycles. The molecule has 11 aromatic rings. The second-order valence-corrected chi connectivity index (χ2v) is 14.3. The number of hydrogen-bond acceptors (Lipinski definition) is 4. The SMILES string of the molecule is c1ccc(-c2nc(-n3c4ccccc4c4c5sc6ccc7ccc8sc9ccccc9c8c7c6c5ccc43)nc3ccccc23)cc1. The fourth-order valence-electron chi connectivity index (χ4n) is 7.60. The summed E-state index contributed by atoms with van der Waals surface area (Å²) in [5.41, 5.74) is 5.19. The van der Waals surface area contributed by atoms with E-state index in [-0.39, 0.29) is 0 Å². The minimum atomic E-state index is 0.686. The largest absolute Gasteiger partial charge is 0.278 e. The molecule has 0 saturated carbocycles. The van der Waals surface area contributed by atoms with Crippen LogP contribution >= 0.6 is 22.7 Å². The monoisotopic (exact) mass is 633 g/mol. The third-order valence-corrected chi connectivity index (χ3v) is 11.9. The quantitative estimate of drug-likeness (QED) is 0.190. The van der Waals surface area contributed by atoms with Gasteiger partial charge in [0.25, 0.3) is 0 Å². The van der Waals surface area contributed by atoms with E-state index >= 15 is 0 Å². The van der Waals surface area contributed by atoms with Crippen molar-refractivity contribution < 1.29 is 0 Å². The van der Waals surface area contributed by atoms with Gasteiger partial charge in [0, 0.05) is 67.5 Å². The smallest absolute Gasteiger partial charge is 0.235 e. The van der Waals surface area contributed by atoms with E-state index in [2.05, 4.69) is 138 Å². The zero-order chi connectivity index (χ0) is 30.6. The summed E-state index contributed by atoms with van der Waals surface area (Å²) in [6.07, 6.45) is 0. The first-order valence-electron chi connectivity index (χ1n) is 15.8. The van der Waals surface area contributed by atoms with E-state index in [1.54, 1.807) is 0 Å². The van der Waals surface area contributed by atoms with Crippen molar-refractivity contribution in [3.8, 4) is 17.2 Å². The van der Waals surface area contributed by atoms with E-state index in [0.717, 1.165) is 33.2 Å². The van der Waals surface area contributed by atoms with Crippen molar-refractivity contribution >= 4 is 106 Å². The Bertz CT molecular complexity index is 3070. The second-order valence-electron chi connectivity index (χ2n) is 12.1. The molecule has 5 heteroatoms. The fraction of sp³-hybridized carbons (Fsp3) is 0. The number of thiophene rings is 2. The topological polar surface area (TPSA) is 30.7 Å². The number of rotatable bonds is 2. The molecule has 0 aliphatic rings. The Morgan fingerprint density at radius 1 is 0.426 bits per heavy atom. The minimum absolute atomic E-state index is 0.686. The first-order chi connectivity index (χ1) is 23.3. The van der Waals surface area contributed by atoms with Crippen molar-refractivity contribution in [1.82, 2.24) is 14.5 Å². The number of benzene rings is 7. The molecule has 4 aromatic heterocycles. The molecule has 3 nitrogen and oxygen atoms in total. The van der Waals surface area contributed by atoms with Gasteiger partial charge in [-0.3, -0.25) is 4.57 Å². The summed E-state index contributed by atoms with van der Waals surface area (Å²) < 4.78 is 7.55. The fourth-order valence-corrected chi connectivity index (χ4v) is 9.98. The van der Waals surface area contributed by atoms with Crippen molar-refractivity contribution in [2.24, 2.45) is 0 Å². The molecule has 0 spiro atoms. The van der Waals surface area contributed by atoms with Gasteiger partial charge in [0.05, 0.1) is 22.2 Å². The molecule has 0 amide bonds. The van der Waals surface area contributed by atoms with Gasteiger partial charge in [0.15, 0.2) is 0 Å². The molecule has 0 N–H and O–H groups in total. The average Bonchev–Trinajstić information content (AvgIpc) is 3.81. The van der Waals surface area contributed by atoms with Crippen LogP contribution in [-0.4, -0.2) is 14.5 Å². The average molecular weight is 634 g/mol. The van der Waals surface area contributed by atoms with Gasteiger partial charge in [-0.1, -0.05) is 103 Å². The molecule has 0 unspecified atom stereocenters. The predicted octanol–water partition coefficient (Wildman–Crippen LogP) is 12.3. The zero-order valence-electron chi connectivity index (χ0n) is 24.9. The Morgan fingerprint density at radius 3 is 2.00 bits per heavy atom. The van der Waals surface area contributed by atoms with Gasteiger partial charge in [-0.15, -0.1) is 22.7 Å². The standard InChI is InChI=1S/C42H23N3S2/c1-2-10-25(11-3-1)40-26-12-4-7-15-30(26)43-42(44-40)45-31-16-8-5-13-27(31)37-32(45)21-20-29-39-35(47-41(29)37)23-19-24-18-22-34-38(36(24)39)28-14-6-9-17-33(28)46-34/h1-23H. The first-order valence-corrected chi connectivity index (χ1v) is 17.4. The van der Waals surface area contributed by atoms with Gasteiger partial charge < -0.3 is 0 Å². The number of hydrogen-bond donors (Lipinski definition) is 0. The molecule has 0 saturated heterocycles. The molecule has 0 radical (unpaired) electrons. The van der Waals surface area contributed by atoms with Crippen LogP contribution in [0.4, 0.5) is 0 Å². The Kier molecular flexibility index (Phi) is 5.14. The van der Waals surface area contributed by atoms with Crippen LogP contribution in [0, 0.1) is 0 Å². The maximum absolute atomic E-state index is 5.29. The summed E-state index contributed by atoms with van der Waals surface area (Å²) in [5, 5.41) is 11.5. The highest BCUT2D eigenvalue weighted by Crippen LogP contribution is 2.48. The van der Waals surface area contributed by atoms with Crippen LogP contribution in [0.15, 0.2) is 140 Å². The highest BCUT2D eigenvalue weighted by molar-refractivity contribution is 7.27. The Balaban J connectivity index is 1.28. The summed E-state index contributed by atoms with van der Waals surface area (Å²) >= 11 is 3.78. The molecule has 7 aromatic carbocycles. The highest BCUT2D eigenvalue weighted by atomic mass is 32.1. The van der Waals surface area contributed by atoms with Crippen molar-refractivity contribution in [1.29, 1.82) is 0 Å². The lowest BCUT2D eigenvalue weighted by molar-refractivity contribution is 1.01. The van der Waals surface area contributed by atoms with Crippen molar-refractivity contribution in [2.75, 3.05) is 0 Å². The Morgan fingerprint density at radius 2 is 1.13 bits per heavy atom. The van der Waals surface area contributed by atoms with Crippen molar-refractivity contribution in [3.63, 3.8) is 0 Å². The first kappa shape index (κ1) is 25.6. The maximum atomic E-state index is 5.29. The molecular formula is C42H23N3S2. The van der Waals surface area contributed by atoms with E-state index in [9.17, 15) is 0 Å². The molecule has 0 fully saturated rings. The lowest BCUT2D eigenvalue weighted by Gasteiger charge is -2.11. The molecule has 47 heavy (non-hydrogen) atoms. The molecule has 0 atom stereocenters. The lowest BCUT2D eigenvalue weighted by Crippen LogP contribution is -2.03. The second kappa shape index (κ2) is 9.46. The van der Waals surface area contributed by atoms with Crippen molar-refractivity contribution in [3.05, 3.63) is 140 Å². The van der Waals surface area contributed by atoms with E-state index < -0.39 is 0 Å². The van der Waals surface area contributed by atoms with Crippen molar-refractivity contribution in [2.45, 2.75) is 0 Å². The van der Waals surface area contributed by atoms with Crippen LogP contribution in [0.5, 0.6) is 0 Å².